The van der Waals surface area contributed by atoms with Crippen LogP contribution < -0.4 is 5.32 Å². The monoisotopic (exact) mass is 407 g/mol. The first-order valence-corrected chi connectivity index (χ1v) is 11.1. The van der Waals surface area contributed by atoms with Crippen LogP contribution in [0.3, 0.4) is 0 Å². The van der Waals surface area contributed by atoms with Crippen molar-refractivity contribution in [3.63, 3.8) is 0 Å². The quantitative estimate of drug-likeness (QED) is 0.514. The number of pyridine rings is 1. The number of imidazole rings is 1. The zero-order valence-electron chi connectivity index (χ0n) is 16.5. The Morgan fingerprint density at radius 2 is 2.03 bits per heavy atom. The molecule has 150 valence electrons. The number of aromatic nitrogens is 4. The molecular formula is C22H25N5OS. The third-order valence-corrected chi connectivity index (χ3v) is 6.71. The van der Waals surface area contributed by atoms with Gasteiger partial charge in [0.1, 0.15) is 5.52 Å². The molecule has 0 saturated heterocycles. The van der Waals surface area contributed by atoms with E-state index in [4.69, 9.17) is 4.98 Å². The first-order valence-electron chi connectivity index (χ1n) is 10.3. The summed E-state index contributed by atoms with van der Waals surface area (Å²) >= 11 is 1.65. The Balaban J connectivity index is 1.37. The molecule has 0 aliphatic heterocycles. The van der Waals surface area contributed by atoms with Crippen molar-refractivity contribution >= 4 is 37.8 Å². The van der Waals surface area contributed by atoms with Gasteiger partial charge in [-0.15, -0.1) is 0 Å². The van der Waals surface area contributed by atoms with E-state index in [2.05, 4.69) is 51.0 Å². The lowest BCUT2D eigenvalue weighted by Crippen LogP contribution is -2.36. The van der Waals surface area contributed by atoms with Gasteiger partial charge in [-0.25, -0.2) is 15.0 Å². The fraction of sp³-hybridized carbons (Fsp3) is 0.409. The van der Waals surface area contributed by atoms with Gasteiger partial charge < -0.3 is 15.0 Å². The zero-order chi connectivity index (χ0) is 19.8. The van der Waals surface area contributed by atoms with E-state index in [0.717, 1.165) is 65.2 Å². The highest BCUT2D eigenvalue weighted by molar-refractivity contribution is 7.22. The molecule has 4 aromatic rings. The minimum atomic E-state index is -0.276. The number of thiazole rings is 1. The minimum Gasteiger partial charge on any atom is -0.391 e. The van der Waals surface area contributed by atoms with Gasteiger partial charge in [0.05, 0.1) is 35.2 Å². The van der Waals surface area contributed by atoms with E-state index in [1.165, 1.54) is 11.1 Å². The molecule has 1 saturated carbocycles. The molecule has 2 atom stereocenters. The molecule has 3 aromatic heterocycles. The van der Waals surface area contributed by atoms with Crippen LogP contribution in [0.2, 0.25) is 0 Å². The Morgan fingerprint density at radius 1 is 1.14 bits per heavy atom. The van der Waals surface area contributed by atoms with Gasteiger partial charge in [-0.05, 0) is 48.6 Å². The van der Waals surface area contributed by atoms with E-state index in [-0.39, 0.29) is 12.1 Å². The average molecular weight is 408 g/mol. The summed E-state index contributed by atoms with van der Waals surface area (Å²) in [5.74, 6) is 0. The molecule has 1 aliphatic rings. The second-order valence-corrected chi connectivity index (χ2v) is 8.87. The van der Waals surface area contributed by atoms with E-state index in [1.54, 1.807) is 11.3 Å². The summed E-state index contributed by atoms with van der Waals surface area (Å²) in [5.41, 5.74) is 5.26. The summed E-state index contributed by atoms with van der Waals surface area (Å²) in [4.78, 5) is 13.8. The van der Waals surface area contributed by atoms with E-state index in [1.807, 2.05) is 12.5 Å². The van der Waals surface area contributed by atoms with Gasteiger partial charge in [-0.2, -0.15) is 0 Å². The lowest BCUT2D eigenvalue weighted by atomic mass is 9.93. The van der Waals surface area contributed by atoms with Crippen molar-refractivity contribution in [2.75, 3.05) is 5.32 Å². The van der Waals surface area contributed by atoms with Crippen LogP contribution in [0.25, 0.3) is 21.4 Å². The first-order chi connectivity index (χ1) is 14.2. The number of rotatable bonds is 5. The van der Waals surface area contributed by atoms with Crippen LogP contribution in [0.4, 0.5) is 5.13 Å². The van der Waals surface area contributed by atoms with Gasteiger partial charge in [-0.1, -0.05) is 37.2 Å². The Labute approximate surface area is 173 Å². The smallest absolute Gasteiger partial charge is 0.184 e. The molecule has 5 rings (SSSR count). The van der Waals surface area contributed by atoms with Gasteiger partial charge in [0, 0.05) is 6.20 Å². The fourth-order valence-corrected chi connectivity index (χ4v) is 5.05. The molecular weight excluding hydrogens is 382 g/mol. The number of nitrogens with zero attached hydrogens (tertiary/aromatic N) is 4. The van der Waals surface area contributed by atoms with E-state index in [9.17, 15) is 5.11 Å². The summed E-state index contributed by atoms with van der Waals surface area (Å²) < 4.78 is 3.25. The predicted octanol–water partition coefficient (Wildman–Crippen LogP) is 4.37. The molecule has 3 heterocycles. The van der Waals surface area contributed by atoms with Crippen LogP contribution in [0, 0.1) is 0 Å². The topological polar surface area (TPSA) is 75.9 Å². The molecule has 29 heavy (non-hydrogen) atoms. The maximum atomic E-state index is 10.2. The van der Waals surface area contributed by atoms with Crippen molar-refractivity contribution in [3.8, 4) is 0 Å². The molecule has 1 fully saturated rings. The summed E-state index contributed by atoms with van der Waals surface area (Å²) in [6, 6.07) is 8.61. The number of aliphatic hydroxyl groups excluding tert-OH is 1. The van der Waals surface area contributed by atoms with Gasteiger partial charge in [-0.3, -0.25) is 0 Å². The number of fused-ring (bicyclic) bond motifs is 2. The van der Waals surface area contributed by atoms with Crippen LogP contribution in [0.15, 0.2) is 36.8 Å². The highest BCUT2D eigenvalue weighted by atomic mass is 32.1. The maximum Gasteiger partial charge on any atom is 0.184 e. The summed E-state index contributed by atoms with van der Waals surface area (Å²) in [7, 11) is 0. The lowest BCUT2D eigenvalue weighted by molar-refractivity contribution is 0.116. The number of nitrogens with one attached hydrogen (secondary N) is 1. The summed E-state index contributed by atoms with van der Waals surface area (Å²) in [6.07, 6.45) is 8.64. The SMILES string of the molecule is CCc1cnc2c(c1)ncn2Cc1ccc2nc(NC3CCCCC3O)sc2c1. The number of aryl methyl sites for hydroxylation is 1. The Kier molecular flexibility index (Phi) is 4.93. The molecule has 2 unspecified atom stereocenters. The Bertz CT molecular complexity index is 1150. The fourth-order valence-electron chi connectivity index (χ4n) is 4.06. The normalized spacial score (nSPS) is 19.8. The van der Waals surface area contributed by atoms with Crippen molar-refractivity contribution in [2.45, 2.75) is 57.7 Å². The van der Waals surface area contributed by atoms with E-state index >= 15 is 0 Å². The average Bonchev–Trinajstić information content (AvgIpc) is 3.32. The second kappa shape index (κ2) is 7.72. The number of anilines is 1. The van der Waals surface area contributed by atoms with Crippen molar-refractivity contribution in [3.05, 3.63) is 47.9 Å². The van der Waals surface area contributed by atoms with Gasteiger partial charge in [0.15, 0.2) is 10.8 Å². The van der Waals surface area contributed by atoms with Gasteiger partial charge >= 0.3 is 0 Å². The van der Waals surface area contributed by atoms with Crippen LogP contribution >= 0.6 is 11.3 Å². The van der Waals surface area contributed by atoms with E-state index in [0.29, 0.717) is 0 Å². The maximum absolute atomic E-state index is 10.2. The molecule has 0 radical (unpaired) electrons. The van der Waals surface area contributed by atoms with Crippen LogP contribution in [-0.2, 0) is 13.0 Å². The Hall–Kier alpha value is -2.51. The molecule has 1 aromatic carbocycles. The second-order valence-electron chi connectivity index (χ2n) is 7.84. The standard InChI is InChI=1S/C22H25N5OS/c1-2-14-9-18-21(23-11-14)27(13-24-18)12-15-7-8-17-20(10-15)29-22(26-17)25-16-5-3-4-6-19(16)28/h7-11,13,16,19,28H,2-6,12H2,1H3,(H,25,26). The number of benzene rings is 1. The largest absolute Gasteiger partial charge is 0.391 e. The van der Waals surface area contributed by atoms with Crippen LogP contribution in [-0.4, -0.2) is 36.8 Å². The van der Waals surface area contributed by atoms with Crippen molar-refractivity contribution in [1.82, 2.24) is 19.5 Å². The highest BCUT2D eigenvalue weighted by Crippen LogP contribution is 2.30. The molecule has 0 amide bonds. The summed E-state index contributed by atoms with van der Waals surface area (Å²) in [6.45, 7) is 2.86. The first kappa shape index (κ1) is 18.5. The molecule has 0 bridgehead atoms. The molecule has 7 heteroatoms. The van der Waals surface area contributed by atoms with Crippen LogP contribution in [0.1, 0.15) is 43.7 Å². The van der Waals surface area contributed by atoms with Crippen LogP contribution in [0.5, 0.6) is 0 Å². The van der Waals surface area contributed by atoms with Gasteiger partial charge in [0.2, 0.25) is 0 Å². The lowest BCUT2D eigenvalue weighted by Gasteiger charge is -2.27. The zero-order valence-corrected chi connectivity index (χ0v) is 17.3. The van der Waals surface area contributed by atoms with Gasteiger partial charge in [0.25, 0.3) is 0 Å². The van der Waals surface area contributed by atoms with E-state index < -0.39 is 0 Å². The van der Waals surface area contributed by atoms with Crippen molar-refractivity contribution < 1.29 is 5.11 Å². The Morgan fingerprint density at radius 3 is 2.90 bits per heavy atom. The molecule has 6 nitrogen and oxygen atoms in total. The number of hydrogen-bond donors (Lipinski definition) is 2. The summed E-state index contributed by atoms with van der Waals surface area (Å²) in [5, 5.41) is 14.6. The predicted molar refractivity (Wildman–Crippen MR) is 118 cm³/mol. The van der Waals surface area contributed by atoms with Crippen molar-refractivity contribution in [1.29, 1.82) is 0 Å². The number of hydrogen-bond acceptors (Lipinski definition) is 6. The molecule has 2 N–H and O–H groups in total. The van der Waals surface area contributed by atoms with Crippen molar-refractivity contribution in [2.24, 2.45) is 0 Å². The minimum absolute atomic E-state index is 0.111. The molecule has 1 aliphatic carbocycles. The third-order valence-electron chi connectivity index (χ3n) is 5.76. The third kappa shape index (κ3) is 3.72. The molecule has 0 spiro atoms. The highest BCUT2D eigenvalue weighted by Gasteiger charge is 2.23. The number of aliphatic hydroxyl groups is 1.